The van der Waals surface area contributed by atoms with Crippen molar-refractivity contribution in [3.05, 3.63) is 41.3 Å². The zero-order chi connectivity index (χ0) is 18.7. The van der Waals surface area contributed by atoms with E-state index in [2.05, 4.69) is 4.72 Å². The number of carbonyl (C=O) groups is 1. The van der Waals surface area contributed by atoms with E-state index in [9.17, 15) is 13.2 Å². The molecule has 0 spiro atoms. The molecule has 1 amide bonds. The number of nitrogens with zero attached hydrogens (tertiary/aromatic N) is 1. The van der Waals surface area contributed by atoms with Crippen LogP contribution in [0.1, 0.15) is 11.8 Å². The van der Waals surface area contributed by atoms with E-state index >= 15 is 0 Å². The molecule has 140 valence electrons. The van der Waals surface area contributed by atoms with Gasteiger partial charge in [-0.2, -0.15) is 0 Å². The summed E-state index contributed by atoms with van der Waals surface area (Å²) >= 11 is 1.24. The second-order valence-electron chi connectivity index (χ2n) is 5.74. The molecule has 2 heterocycles. The standard InChI is InChI=1S/C17H20N2O5S2/c1-3-15-7-8-16(25-15)26(21,22)18-10-14-11-19(17(20)24-14)12-5-4-6-13(9-12)23-2/h4-9,14,18H,3,10-11H2,1-2H3. The van der Waals surface area contributed by atoms with Crippen LogP contribution in [0.4, 0.5) is 10.5 Å². The molecule has 1 saturated heterocycles. The highest BCUT2D eigenvalue weighted by Crippen LogP contribution is 2.26. The number of amides is 1. The Balaban J connectivity index is 1.64. The summed E-state index contributed by atoms with van der Waals surface area (Å²) in [6.45, 7) is 2.26. The number of carbonyl (C=O) groups excluding carboxylic acids is 1. The van der Waals surface area contributed by atoms with Crippen molar-refractivity contribution in [1.29, 1.82) is 0 Å². The van der Waals surface area contributed by atoms with Gasteiger partial charge in [0.05, 0.1) is 19.3 Å². The van der Waals surface area contributed by atoms with E-state index in [1.807, 2.05) is 6.92 Å². The third kappa shape index (κ3) is 4.00. The number of benzene rings is 1. The van der Waals surface area contributed by atoms with Crippen LogP contribution in [0.25, 0.3) is 0 Å². The van der Waals surface area contributed by atoms with Crippen LogP contribution in [0.2, 0.25) is 0 Å². The average Bonchev–Trinajstić information content (AvgIpc) is 3.27. The molecule has 1 N–H and O–H groups in total. The average molecular weight is 396 g/mol. The quantitative estimate of drug-likeness (QED) is 0.778. The zero-order valence-electron chi connectivity index (χ0n) is 14.5. The molecule has 2 aromatic rings. The first-order chi connectivity index (χ1) is 12.4. The largest absolute Gasteiger partial charge is 0.497 e. The van der Waals surface area contributed by atoms with Crippen molar-refractivity contribution in [2.75, 3.05) is 25.1 Å². The van der Waals surface area contributed by atoms with E-state index in [-0.39, 0.29) is 17.3 Å². The van der Waals surface area contributed by atoms with Gasteiger partial charge in [0.15, 0.2) is 0 Å². The Morgan fingerprint density at radius 3 is 2.85 bits per heavy atom. The zero-order valence-corrected chi connectivity index (χ0v) is 16.1. The maximum atomic E-state index is 12.4. The second kappa shape index (κ2) is 7.65. The number of cyclic esters (lactones) is 1. The molecule has 7 nitrogen and oxygen atoms in total. The van der Waals surface area contributed by atoms with Crippen LogP contribution in [-0.2, 0) is 21.2 Å². The van der Waals surface area contributed by atoms with Crippen molar-refractivity contribution in [3.63, 3.8) is 0 Å². The summed E-state index contributed by atoms with van der Waals surface area (Å²) in [6, 6.07) is 10.5. The lowest BCUT2D eigenvalue weighted by Gasteiger charge is -2.14. The van der Waals surface area contributed by atoms with Crippen LogP contribution >= 0.6 is 11.3 Å². The van der Waals surface area contributed by atoms with E-state index in [4.69, 9.17) is 9.47 Å². The maximum absolute atomic E-state index is 12.4. The summed E-state index contributed by atoms with van der Waals surface area (Å²) < 4.78 is 38.0. The van der Waals surface area contributed by atoms with E-state index in [1.54, 1.807) is 43.5 Å². The van der Waals surface area contributed by atoms with Crippen molar-refractivity contribution in [2.24, 2.45) is 0 Å². The fourth-order valence-electron chi connectivity index (χ4n) is 2.58. The van der Waals surface area contributed by atoms with Gasteiger partial charge in [-0.3, -0.25) is 4.90 Å². The van der Waals surface area contributed by atoms with Crippen molar-refractivity contribution in [2.45, 2.75) is 23.7 Å². The summed E-state index contributed by atoms with van der Waals surface area (Å²) in [4.78, 5) is 14.6. The lowest BCUT2D eigenvalue weighted by molar-refractivity contribution is 0.143. The van der Waals surface area contributed by atoms with E-state index < -0.39 is 22.2 Å². The highest BCUT2D eigenvalue weighted by Gasteiger charge is 2.33. The number of hydrogen-bond donors (Lipinski definition) is 1. The molecule has 0 bridgehead atoms. The van der Waals surface area contributed by atoms with Gasteiger partial charge in [0, 0.05) is 17.5 Å². The minimum atomic E-state index is -3.61. The summed E-state index contributed by atoms with van der Waals surface area (Å²) in [5, 5.41) is 0. The van der Waals surface area contributed by atoms with Gasteiger partial charge in [-0.25, -0.2) is 17.9 Å². The smallest absolute Gasteiger partial charge is 0.414 e. The number of rotatable bonds is 7. The number of ether oxygens (including phenoxy) is 2. The van der Waals surface area contributed by atoms with E-state index in [0.717, 1.165) is 11.3 Å². The highest BCUT2D eigenvalue weighted by molar-refractivity contribution is 7.91. The molecule has 0 radical (unpaired) electrons. The van der Waals surface area contributed by atoms with E-state index in [0.29, 0.717) is 11.4 Å². The molecule has 9 heteroatoms. The van der Waals surface area contributed by atoms with Crippen LogP contribution in [0.3, 0.4) is 0 Å². The molecule has 1 unspecified atom stereocenters. The lowest BCUT2D eigenvalue weighted by atomic mass is 10.2. The van der Waals surface area contributed by atoms with Gasteiger partial charge in [-0.15, -0.1) is 11.3 Å². The Morgan fingerprint density at radius 2 is 2.15 bits per heavy atom. The first kappa shape index (κ1) is 18.7. The van der Waals surface area contributed by atoms with Gasteiger partial charge in [0.2, 0.25) is 10.0 Å². The number of sulfonamides is 1. The predicted molar refractivity (Wildman–Crippen MR) is 99.5 cm³/mol. The summed E-state index contributed by atoms with van der Waals surface area (Å²) in [7, 11) is -2.06. The van der Waals surface area contributed by atoms with Crippen molar-refractivity contribution >= 4 is 33.1 Å². The number of nitrogens with one attached hydrogen (secondary N) is 1. The number of anilines is 1. The fourth-order valence-corrected chi connectivity index (χ4v) is 4.99. The van der Waals surface area contributed by atoms with Gasteiger partial charge in [-0.1, -0.05) is 13.0 Å². The summed E-state index contributed by atoms with van der Waals surface area (Å²) in [6.07, 6.45) is -0.281. The molecular formula is C17H20N2O5S2. The van der Waals surface area contributed by atoms with Gasteiger partial charge >= 0.3 is 6.09 Å². The second-order valence-corrected chi connectivity index (χ2v) is 8.91. The topological polar surface area (TPSA) is 84.9 Å². The monoisotopic (exact) mass is 396 g/mol. The van der Waals surface area contributed by atoms with Gasteiger partial charge in [0.25, 0.3) is 0 Å². The van der Waals surface area contributed by atoms with Gasteiger partial charge in [-0.05, 0) is 30.7 Å². The maximum Gasteiger partial charge on any atom is 0.414 e. The molecule has 1 atom stereocenters. The molecule has 1 fully saturated rings. The fraction of sp³-hybridized carbons (Fsp3) is 0.353. The predicted octanol–water partition coefficient (Wildman–Crippen LogP) is 2.62. The molecular weight excluding hydrogens is 376 g/mol. The molecule has 26 heavy (non-hydrogen) atoms. The Kier molecular flexibility index (Phi) is 5.49. The minimum absolute atomic E-state index is 0.0217. The van der Waals surface area contributed by atoms with Crippen LogP contribution in [0.5, 0.6) is 5.75 Å². The van der Waals surface area contributed by atoms with Crippen molar-refractivity contribution < 1.29 is 22.7 Å². The van der Waals surface area contributed by atoms with Crippen LogP contribution in [-0.4, -0.2) is 40.8 Å². The van der Waals surface area contributed by atoms with E-state index in [1.165, 1.54) is 16.2 Å². The van der Waals surface area contributed by atoms with Crippen molar-refractivity contribution in [3.8, 4) is 5.75 Å². The Bertz CT molecular complexity index is 894. The Hall–Kier alpha value is -2.10. The third-order valence-electron chi connectivity index (χ3n) is 3.99. The van der Waals surface area contributed by atoms with Crippen molar-refractivity contribution in [1.82, 2.24) is 4.72 Å². The SMILES string of the molecule is CCc1ccc(S(=O)(=O)NCC2CN(c3cccc(OC)c3)C(=O)O2)s1. The summed E-state index contributed by atoms with van der Waals surface area (Å²) in [5.74, 6) is 0.629. The molecule has 1 aliphatic heterocycles. The lowest BCUT2D eigenvalue weighted by Crippen LogP contribution is -2.34. The number of hydrogen-bond acceptors (Lipinski definition) is 6. The van der Waals surface area contributed by atoms with Gasteiger partial charge in [0.1, 0.15) is 16.1 Å². The molecule has 1 aromatic carbocycles. The Morgan fingerprint density at radius 1 is 1.35 bits per heavy atom. The number of thiophene rings is 1. The molecule has 0 saturated carbocycles. The van der Waals surface area contributed by atoms with Crippen LogP contribution in [0, 0.1) is 0 Å². The van der Waals surface area contributed by atoms with Crippen LogP contribution < -0.4 is 14.4 Å². The van der Waals surface area contributed by atoms with Gasteiger partial charge < -0.3 is 9.47 Å². The molecule has 0 aliphatic carbocycles. The highest BCUT2D eigenvalue weighted by atomic mass is 32.2. The molecule has 1 aromatic heterocycles. The number of methoxy groups -OCH3 is 1. The first-order valence-corrected chi connectivity index (χ1v) is 10.4. The summed E-state index contributed by atoms with van der Waals surface area (Å²) in [5.41, 5.74) is 0.644. The normalized spacial score (nSPS) is 17.4. The Labute approximate surface area is 156 Å². The third-order valence-corrected chi connectivity index (χ3v) is 7.14. The number of aryl methyl sites for hydroxylation is 1. The van der Waals surface area contributed by atoms with Crippen LogP contribution in [0.15, 0.2) is 40.6 Å². The molecule has 3 rings (SSSR count). The molecule has 1 aliphatic rings. The first-order valence-electron chi connectivity index (χ1n) is 8.13. The minimum Gasteiger partial charge on any atom is -0.497 e.